The van der Waals surface area contributed by atoms with Crippen molar-refractivity contribution in [2.75, 3.05) is 0 Å². The maximum Gasteiger partial charge on any atom is 0.0705 e. The molecule has 1 fully saturated rings. The summed E-state index contributed by atoms with van der Waals surface area (Å²) in [6.45, 7) is 0. The molecule has 1 aliphatic rings. The van der Waals surface area contributed by atoms with Gasteiger partial charge < -0.3 is 0 Å². The van der Waals surface area contributed by atoms with E-state index in [9.17, 15) is 0 Å². The van der Waals surface area contributed by atoms with Gasteiger partial charge in [0, 0.05) is 23.5 Å². The van der Waals surface area contributed by atoms with Gasteiger partial charge in [-0.05, 0) is 24.5 Å². The van der Waals surface area contributed by atoms with E-state index in [2.05, 4.69) is 29.7 Å². The van der Waals surface area contributed by atoms with Crippen LogP contribution >= 0.6 is 0 Å². The number of aromatic nitrogens is 1. The van der Waals surface area contributed by atoms with E-state index in [1.165, 1.54) is 31.1 Å². The summed E-state index contributed by atoms with van der Waals surface area (Å²) in [5, 5.41) is 1.20. The summed E-state index contributed by atoms with van der Waals surface area (Å²) in [4.78, 5) is 4.72. The number of pyridine rings is 1. The molecule has 1 heterocycles. The lowest BCUT2D eigenvalue weighted by atomic mass is 9.80. The third kappa shape index (κ3) is 2.94. The predicted molar refractivity (Wildman–Crippen MR) is 78.5 cm³/mol. The zero-order valence-electron chi connectivity index (χ0n) is 11.2. The lowest BCUT2D eigenvalue weighted by molar-refractivity contribution is 0.259. The average Bonchev–Trinajstić information content (AvgIpc) is 2.41. The van der Waals surface area contributed by atoms with E-state index in [0.717, 1.165) is 23.5 Å². The molecule has 3 heteroatoms. The van der Waals surface area contributed by atoms with Crippen molar-refractivity contribution in [1.82, 2.24) is 10.4 Å². The first-order valence-corrected chi connectivity index (χ1v) is 7.16. The van der Waals surface area contributed by atoms with Gasteiger partial charge in [-0.1, -0.05) is 43.5 Å². The van der Waals surface area contributed by atoms with Crippen molar-refractivity contribution in [2.45, 2.75) is 38.1 Å². The Morgan fingerprint density at radius 1 is 1.21 bits per heavy atom. The van der Waals surface area contributed by atoms with Crippen LogP contribution in [0.5, 0.6) is 0 Å². The van der Waals surface area contributed by atoms with Gasteiger partial charge in [-0.25, -0.2) is 0 Å². The van der Waals surface area contributed by atoms with Gasteiger partial charge in [0.1, 0.15) is 0 Å². The Kier molecular flexibility index (Phi) is 3.76. The standard InChI is InChI=1S/C16H21N3/c17-19-15(10-12-4-3-5-12)11-14-9-8-13-6-1-2-7-16(13)18-14/h1-2,6-9,12,15,19H,3-5,10-11,17H2. The lowest BCUT2D eigenvalue weighted by Crippen LogP contribution is -2.39. The number of nitrogens with zero attached hydrogens (tertiary/aromatic N) is 1. The summed E-state index contributed by atoms with van der Waals surface area (Å²) < 4.78 is 0. The van der Waals surface area contributed by atoms with Gasteiger partial charge in [-0.2, -0.15) is 0 Å². The molecule has 1 unspecified atom stereocenters. The summed E-state index contributed by atoms with van der Waals surface area (Å²) in [5.74, 6) is 6.55. The van der Waals surface area contributed by atoms with E-state index in [-0.39, 0.29) is 0 Å². The molecule has 3 rings (SSSR count). The summed E-state index contributed by atoms with van der Waals surface area (Å²) in [6.07, 6.45) is 6.20. The van der Waals surface area contributed by atoms with Crippen LogP contribution in [-0.2, 0) is 6.42 Å². The Labute approximate surface area is 114 Å². The summed E-state index contributed by atoms with van der Waals surface area (Å²) in [6, 6.07) is 12.9. The second kappa shape index (κ2) is 5.68. The second-order valence-electron chi connectivity index (χ2n) is 5.60. The van der Waals surface area contributed by atoms with Crippen LogP contribution < -0.4 is 11.3 Å². The molecule has 1 aromatic heterocycles. The number of nitrogens with two attached hydrogens (primary N) is 1. The molecular weight excluding hydrogens is 234 g/mol. The van der Waals surface area contributed by atoms with Gasteiger partial charge in [0.2, 0.25) is 0 Å². The lowest BCUT2D eigenvalue weighted by Gasteiger charge is -2.29. The zero-order valence-corrected chi connectivity index (χ0v) is 11.2. The predicted octanol–water partition coefficient (Wildman–Crippen LogP) is 2.80. The van der Waals surface area contributed by atoms with Crippen LogP contribution in [-0.4, -0.2) is 11.0 Å². The van der Waals surface area contributed by atoms with Crippen LogP contribution in [0.3, 0.4) is 0 Å². The molecule has 2 aromatic rings. The van der Waals surface area contributed by atoms with Crippen LogP contribution in [0.2, 0.25) is 0 Å². The van der Waals surface area contributed by atoms with Crippen LogP contribution in [0.1, 0.15) is 31.4 Å². The van der Waals surface area contributed by atoms with E-state index in [4.69, 9.17) is 10.8 Å². The van der Waals surface area contributed by atoms with Crippen LogP contribution in [0, 0.1) is 5.92 Å². The number of hydrazine groups is 1. The molecule has 1 atom stereocenters. The third-order valence-electron chi connectivity index (χ3n) is 4.19. The van der Waals surface area contributed by atoms with Gasteiger partial charge in [-0.3, -0.25) is 16.3 Å². The highest BCUT2D eigenvalue weighted by Crippen LogP contribution is 2.30. The van der Waals surface area contributed by atoms with E-state index in [1.54, 1.807) is 0 Å². The number of para-hydroxylation sites is 1. The van der Waals surface area contributed by atoms with E-state index >= 15 is 0 Å². The van der Waals surface area contributed by atoms with E-state index in [0.29, 0.717) is 6.04 Å². The van der Waals surface area contributed by atoms with Gasteiger partial charge in [0.05, 0.1) is 5.52 Å². The minimum atomic E-state index is 0.346. The molecule has 1 aliphatic carbocycles. The summed E-state index contributed by atoms with van der Waals surface area (Å²) in [7, 11) is 0. The summed E-state index contributed by atoms with van der Waals surface area (Å²) >= 11 is 0. The minimum Gasteiger partial charge on any atom is -0.271 e. The first-order valence-electron chi connectivity index (χ1n) is 7.16. The minimum absolute atomic E-state index is 0.346. The second-order valence-corrected chi connectivity index (χ2v) is 5.60. The fourth-order valence-electron chi connectivity index (χ4n) is 2.82. The topological polar surface area (TPSA) is 50.9 Å². The van der Waals surface area contributed by atoms with E-state index < -0.39 is 0 Å². The molecule has 1 aromatic carbocycles. The molecule has 19 heavy (non-hydrogen) atoms. The smallest absolute Gasteiger partial charge is 0.0705 e. The third-order valence-corrected chi connectivity index (χ3v) is 4.19. The van der Waals surface area contributed by atoms with Crippen molar-refractivity contribution < 1.29 is 0 Å². The molecule has 0 bridgehead atoms. The molecule has 3 nitrogen and oxygen atoms in total. The number of rotatable bonds is 5. The molecule has 0 spiro atoms. The molecule has 100 valence electrons. The van der Waals surface area contributed by atoms with E-state index in [1.807, 2.05) is 12.1 Å². The van der Waals surface area contributed by atoms with Gasteiger partial charge in [-0.15, -0.1) is 0 Å². The normalized spacial score (nSPS) is 17.3. The first-order chi connectivity index (χ1) is 9.35. The average molecular weight is 255 g/mol. The van der Waals surface area contributed by atoms with Crippen LogP contribution in [0.25, 0.3) is 10.9 Å². The zero-order chi connectivity index (χ0) is 13.1. The molecule has 3 N–H and O–H groups in total. The Hall–Kier alpha value is -1.45. The van der Waals surface area contributed by atoms with Crippen LogP contribution in [0.4, 0.5) is 0 Å². The van der Waals surface area contributed by atoms with Crippen molar-refractivity contribution in [2.24, 2.45) is 11.8 Å². The Bertz CT molecular complexity index is 548. The van der Waals surface area contributed by atoms with Crippen molar-refractivity contribution in [1.29, 1.82) is 0 Å². The highest BCUT2D eigenvalue weighted by molar-refractivity contribution is 5.78. The quantitative estimate of drug-likeness (QED) is 0.638. The van der Waals surface area contributed by atoms with Crippen molar-refractivity contribution in [3.63, 3.8) is 0 Å². The van der Waals surface area contributed by atoms with Crippen LogP contribution in [0.15, 0.2) is 36.4 Å². The fraction of sp³-hybridized carbons (Fsp3) is 0.438. The number of nitrogens with one attached hydrogen (secondary N) is 1. The number of hydrogen-bond donors (Lipinski definition) is 2. The first kappa shape index (κ1) is 12.6. The number of fused-ring (bicyclic) bond motifs is 1. The summed E-state index contributed by atoms with van der Waals surface area (Å²) in [5.41, 5.74) is 5.15. The highest BCUT2D eigenvalue weighted by Gasteiger charge is 2.21. The van der Waals surface area contributed by atoms with Gasteiger partial charge >= 0.3 is 0 Å². The SMILES string of the molecule is NNC(Cc1ccc2ccccc2n1)CC1CCC1. The number of benzene rings is 1. The fourth-order valence-corrected chi connectivity index (χ4v) is 2.82. The molecule has 0 saturated heterocycles. The monoisotopic (exact) mass is 255 g/mol. The molecule has 1 saturated carbocycles. The molecule has 0 aliphatic heterocycles. The molecular formula is C16H21N3. The van der Waals surface area contributed by atoms with Gasteiger partial charge in [0.15, 0.2) is 0 Å². The maximum absolute atomic E-state index is 5.68. The number of hydrogen-bond acceptors (Lipinski definition) is 3. The van der Waals surface area contributed by atoms with Crippen molar-refractivity contribution in [3.8, 4) is 0 Å². The van der Waals surface area contributed by atoms with Crippen molar-refractivity contribution in [3.05, 3.63) is 42.1 Å². The largest absolute Gasteiger partial charge is 0.271 e. The van der Waals surface area contributed by atoms with Gasteiger partial charge in [0.25, 0.3) is 0 Å². The molecule has 0 amide bonds. The Balaban J connectivity index is 1.71. The maximum atomic E-state index is 5.68. The Morgan fingerprint density at radius 2 is 2.05 bits per heavy atom. The molecule has 0 radical (unpaired) electrons. The Morgan fingerprint density at radius 3 is 2.79 bits per heavy atom. The van der Waals surface area contributed by atoms with Crippen molar-refractivity contribution >= 4 is 10.9 Å². The highest BCUT2D eigenvalue weighted by atomic mass is 15.2.